The van der Waals surface area contributed by atoms with E-state index in [9.17, 15) is 4.79 Å². The van der Waals surface area contributed by atoms with Gasteiger partial charge in [0.1, 0.15) is 0 Å². The van der Waals surface area contributed by atoms with Gasteiger partial charge in [0, 0.05) is 33.1 Å². The summed E-state index contributed by atoms with van der Waals surface area (Å²) in [6, 6.07) is 2.07. The Morgan fingerprint density at radius 3 is 3.00 bits per heavy atom. The Labute approximate surface area is 111 Å². The molecule has 0 aromatic carbocycles. The Morgan fingerprint density at radius 1 is 1.56 bits per heavy atom. The van der Waals surface area contributed by atoms with Crippen molar-refractivity contribution in [1.29, 1.82) is 5.26 Å². The second-order valence-corrected chi connectivity index (χ2v) is 5.22. The van der Waals surface area contributed by atoms with Crippen LogP contribution in [-0.2, 0) is 4.79 Å². The number of carbonyl (C=O) groups is 1. The van der Waals surface area contributed by atoms with Gasteiger partial charge >= 0.3 is 0 Å². The first-order valence-electron chi connectivity index (χ1n) is 7.00. The monoisotopic (exact) mass is 251 g/mol. The fraction of sp³-hybridized carbons (Fsp3) is 0.857. The maximum Gasteiger partial charge on any atom is 0.223 e. The number of hydrogen-bond donors (Lipinski definition) is 0. The molecule has 0 aromatic rings. The van der Waals surface area contributed by atoms with Gasteiger partial charge in [-0.15, -0.1) is 0 Å². The number of likely N-dealkylation sites (tertiary alicyclic amines) is 1. The van der Waals surface area contributed by atoms with Gasteiger partial charge in [-0.1, -0.05) is 13.3 Å². The maximum atomic E-state index is 11.8. The molecule has 0 radical (unpaired) electrons. The first-order chi connectivity index (χ1) is 8.67. The van der Waals surface area contributed by atoms with E-state index in [0.717, 1.165) is 25.6 Å². The molecule has 0 N–H and O–H groups in total. The summed E-state index contributed by atoms with van der Waals surface area (Å²) >= 11 is 0. The van der Waals surface area contributed by atoms with E-state index in [2.05, 4.69) is 17.9 Å². The van der Waals surface area contributed by atoms with Crippen molar-refractivity contribution in [2.75, 3.05) is 33.2 Å². The number of nitrogens with zero attached hydrogens (tertiary/aromatic N) is 3. The molecule has 1 aliphatic heterocycles. The van der Waals surface area contributed by atoms with Crippen molar-refractivity contribution in [1.82, 2.24) is 9.80 Å². The summed E-state index contributed by atoms with van der Waals surface area (Å²) in [4.78, 5) is 15.9. The van der Waals surface area contributed by atoms with Crippen LogP contribution in [0.5, 0.6) is 0 Å². The van der Waals surface area contributed by atoms with Gasteiger partial charge in [0.05, 0.1) is 12.5 Å². The minimum Gasteiger partial charge on any atom is -0.345 e. The third-order valence-corrected chi connectivity index (χ3v) is 3.69. The summed E-state index contributed by atoms with van der Waals surface area (Å²) in [5.74, 6) is 0.991. The van der Waals surface area contributed by atoms with Crippen LogP contribution in [0.15, 0.2) is 0 Å². The molecule has 1 heterocycles. The van der Waals surface area contributed by atoms with Crippen molar-refractivity contribution in [2.24, 2.45) is 5.92 Å². The predicted molar refractivity (Wildman–Crippen MR) is 71.9 cm³/mol. The molecular weight excluding hydrogens is 226 g/mol. The van der Waals surface area contributed by atoms with E-state index >= 15 is 0 Å². The number of hydrogen-bond acceptors (Lipinski definition) is 3. The van der Waals surface area contributed by atoms with Crippen molar-refractivity contribution >= 4 is 5.91 Å². The van der Waals surface area contributed by atoms with Gasteiger partial charge in [-0.3, -0.25) is 4.79 Å². The Morgan fingerprint density at radius 2 is 2.33 bits per heavy atom. The van der Waals surface area contributed by atoms with Crippen molar-refractivity contribution in [3.8, 4) is 6.07 Å². The molecule has 1 unspecified atom stereocenters. The fourth-order valence-electron chi connectivity index (χ4n) is 2.55. The summed E-state index contributed by atoms with van der Waals surface area (Å²) < 4.78 is 0. The Bertz CT molecular complexity index is 298. The smallest absolute Gasteiger partial charge is 0.223 e. The van der Waals surface area contributed by atoms with E-state index < -0.39 is 0 Å². The second-order valence-electron chi connectivity index (χ2n) is 5.22. The first kappa shape index (κ1) is 15.0. The average Bonchev–Trinajstić information content (AvgIpc) is 2.81. The Balaban J connectivity index is 2.17. The van der Waals surface area contributed by atoms with Crippen LogP contribution in [0, 0.1) is 17.2 Å². The highest BCUT2D eigenvalue weighted by molar-refractivity contribution is 5.76. The Kier molecular flexibility index (Phi) is 6.74. The molecule has 0 aromatic heterocycles. The van der Waals surface area contributed by atoms with Crippen molar-refractivity contribution in [3.05, 3.63) is 0 Å². The van der Waals surface area contributed by atoms with Crippen LogP contribution in [-0.4, -0.2) is 48.9 Å². The second kappa shape index (κ2) is 8.10. The summed E-state index contributed by atoms with van der Waals surface area (Å²) in [6.07, 6.45) is 4.86. The quantitative estimate of drug-likeness (QED) is 0.694. The normalized spacial score (nSPS) is 19.7. The van der Waals surface area contributed by atoms with Gasteiger partial charge < -0.3 is 9.80 Å². The highest BCUT2D eigenvalue weighted by Crippen LogP contribution is 2.20. The number of rotatable bonds is 7. The average molecular weight is 251 g/mol. The molecule has 102 valence electrons. The lowest BCUT2D eigenvalue weighted by molar-refractivity contribution is -0.130. The van der Waals surface area contributed by atoms with Crippen molar-refractivity contribution in [3.63, 3.8) is 0 Å². The number of amides is 1. The van der Waals surface area contributed by atoms with Crippen molar-refractivity contribution in [2.45, 2.75) is 39.0 Å². The van der Waals surface area contributed by atoms with Gasteiger partial charge in [0.15, 0.2) is 0 Å². The maximum absolute atomic E-state index is 11.8. The SMILES string of the molecule is CCCC1CCN(CCC(=O)N(C)CCC#N)C1. The molecule has 4 heteroatoms. The molecule has 18 heavy (non-hydrogen) atoms. The van der Waals surface area contributed by atoms with E-state index in [-0.39, 0.29) is 5.91 Å². The lowest BCUT2D eigenvalue weighted by Crippen LogP contribution is -2.32. The fourth-order valence-corrected chi connectivity index (χ4v) is 2.55. The summed E-state index contributed by atoms with van der Waals surface area (Å²) in [5.41, 5.74) is 0. The van der Waals surface area contributed by atoms with Crippen molar-refractivity contribution < 1.29 is 4.79 Å². The highest BCUT2D eigenvalue weighted by atomic mass is 16.2. The van der Waals surface area contributed by atoms with E-state index in [1.807, 2.05) is 0 Å². The van der Waals surface area contributed by atoms with Crippen LogP contribution in [0.4, 0.5) is 0 Å². The topological polar surface area (TPSA) is 47.3 Å². The van der Waals surface area contributed by atoms with E-state index in [0.29, 0.717) is 19.4 Å². The molecular formula is C14H25N3O. The van der Waals surface area contributed by atoms with Gasteiger partial charge in [-0.25, -0.2) is 0 Å². The minimum absolute atomic E-state index is 0.157. The zero-order valence-corrected chi connectivity index (χ0v) is 11.7. The zero-order valence-electron chi connectivity index (χ0n) is 11.7. The minimum atomic E-state index is 0.157. The molecule has 0 aliphatic carbocycles. The molecule has 1 fully saturated rings. The summed E-state index contributed by atoms with van der Waals surface area (Å²) in [6.45, 7) is 5.95. The third kappa shape index (κ3) is 5.05. The lowest BCUT2D eigenvalue weighted by Gasteiger charge is -2.19. The first-order valence-corrected chi connectivity index (χ1v) is 7.00. The molecule has 1 saturated heterocycles. The standard InChI is InChI=1S/C14H25N3O/c1-3-5-13-6-10-17(12-13)11-7-14(18)16(2)9-4-8-15/h13H,3-7,9-12H2,1-2H3. The van der Waals surface area contributed by atoms with Gasteiger partial charge in [0.25, 0.3) is 0 Å². The molecule has 0 spiro atoms. The largest absolute Gasteiger partial charge is 0.345 e. The molecule has 0 bridgehead atoms. The van der Waals surface area contributed by atoms with Crippen LogP contribution in [0.1, 0.15) is 39.0 Å². The highest BCUT2D eigenvalue weighted by Gasteiger charge is 2.22. The van der Waals surface area contributed by atoms with Crippen LogP contribution in [0.2, 0.25) is 0 Å². The number of carbonyl (C=O) groups excluding carboxylic acids is 1. The molecule has 1 amide bonds. The summed E-state index contributed by atoms with van der Waals surface area (Å²) in [5, 5.41) is 8.48. The van der Waals surface area contributed by atoms with Gasteiger partial charge in [-0.2, -0.15) is 5.26 Å². The third-order valence-electron chi connectivity index (χ3n) is 3.69. The van der Waals surface area contributed by atoms with Crippen LogP contribution in [0.25, 0.3) is 0 Å². The molecule has 1 aliphatic rings. The molecule has 1 atom stereocenters. The van der Waals surface area contributed by atoms with Gasteiger partial charge in [-0.05, 0) is 25.3 Å². The molecule has 1 rings (SSSR count). The lowest BCUT2D eigenvalue weighted by atomic mass is 10.0. The molecule has 4 nitrogen and oxygen atoms in total. The van der Waals surface area contributed by atoms with Crippen LogP contribution in [0.3, 0.4) is 0 Å². The number of nitriles is 1. The van der Waals surface area contributed by atoms with Crippen LogP contribution < -0.4 is 0 Å². The van der Waals surface area contributed by atoms with Crippen LogP contribution >= 0.6 is 0 Å². The Hall–Kier alpha value is -1.08. The predicted octanol–water partition coefficient (Wildman–Crippen LogP) is 1.87. The zero-order chi connectivity index (χ0) is 13.4. The van der Waals surface area contributed by atoms with E-state index in [1.54, 1.807) is 11.9 Å². The molecule has 0 saturated carbocycles. The summed E-state index contributed by atoms with van der Waals surface area (Å²) in [7, 11) is 1.78. The van der Waals surface area contributed by atoms with E-state index in [1.165, 1.54) is 19.3 Å². The van der Waals surface area contributed by atoms with Gasteiger partial charge in [0.2, 0.25) is 5.91 Å². The van der Waals surface area contributed by atoms with E-state index in [4.69, 9.17) is 5.26 Å².